The minimum Gasteiger partial charge on any atom is -0.491 e. The van der Waals surface area contributed by atoms with Crippen molar-refractivity contribution in [2.75, 3.05) is 32.8 Å². The molecule has 2 fully saturated rings. The monoisotopic (exact) mass is 758 g/mol. The first kappa shape index (κ1) is 37.8. The molecule has 3 aliphatic heterocycles. The molecular formula is C43H38N2O11. The molecule has 1 spiro atoms. The molecule has 4 aromatic rings. The largest absolute Gasteiger partial charge is 0.491 e. The molecule has 1 amide bonds. The van der Waals surface area contributed by atoms with Gasteiger partial charge in [0.1, 0.15) is 35.8 Å². The maximum Gasteiger partial charge on any atom is 0.325 e. The number of ether oxygens (including phenoxy) is 4. The lowest BCUT2D eigenvalue weighted by Gasteiger charge is -2.46. The third-order valence-corrected chi connectivity index (χ3v) is 10.6. The van der Waals surface area contributed by atoms with Crippen molar-refractivity contribution < 1.29 is 53.1 Å². The Morgan fingerprint density at radius 2 is 1.50 bits per heavy atom. The van der Waals surface area contributed by atoms with Crippen LogP contribution in [0.4, 0.5) is 5.69 Å². The summed E-state index contributed by atoms with van der Waals surface area (Å²) in [5.74, 6) is -1.16. The minimum atomic E-state index is -1.92. The molecule has 2 saturated heterocycles. The van der Waals surface area contributed by atoms with E-state index in [2.05, 4.69) is 17.2 Å². The predicted molar refractivity (Wildman–Crippen MR) is 199 cm³/mol. The van der Waals surface area contributed by atoms with Crippen LogP contribution in [-0.4, -0.2) is 78.4 Å². The summed E-state index contributed by atoms with van der Waals surface area (Å²) in [4.78, 5) is 69.6. The average molecular weight is 759 g/mol. The maximum absolute atomic E-state index is 14.9. The minimum absolute atomic E-state index is 0.0439. The summed E-state index contributed by atoms with van der Waals surface area (Å²) in [7, 11) is 2.30. The van der Waals surface area contributed by atoms with Crippen LogP contribution < -0.4 is 10.1 Å². The van der Waals surface area contributed by atoms with Gasteiger partial charge < -0.3 is 34.5 Å². The van der Waals surface area contributed by atoms with E-state index in [-0.39, 0.29) is 19.6 Å². The number of carboxylic acid groups (broad SMARTS) is 1. The number of anilines is 1. The van der Waals surface area contributed by atoms with Gasteiger partial charge in [0.2, 0.25) is 5.91 Å². The number of rotatable bonds is 10. The Labute approximate surface area is 322 Å². The second-order valence-electron chi connectivity index (χ2n) is 13.6. The van der Waals surface area contributed by atoms with Crippen molar-refractivity contribution in [1.29, 1.82) is 0 Å². The van der Waals surface area contributed by atoms with Gasteiger partial charge in [-0.25, -0.2) is 0 Å². The van der Waals surface area contributed by atoms with Gasteiger partial charge in [0, 0.05) is 17.7 Å². The van der Waals surface area contributed by atoms with Crippen LogP contribution in [0.3, 0.4) is 0 Å². The van der Waals surface area contributed by atoms with E-state index in [0.29, 0.717) is 33.7 Å². The van der Waals surface area contributed by atoms with E-state index in [1.807, 2.05) is 65.6 Å². The molecule has 3 aliphatic rings. The van der Waals surface area contributed by atoms with Crippen molar-refractivity contribution in [3.8, 4) is 17.6 Å². The van der Waals surface area contributed by atoms with Gasteiger partial charge in [-0.1, -0.05) is 84.6 Å². The highest BCUT2D eigenvalue weighted by molar-refractivity contribution is 6.11. The number of fused-ring (bicyclic) bond motifs is 3. The van der Waals surface area contributed by atoms with Gasteiger partial charge in [0.15, 0.2) is 5.92 Å². The van der Waals surface area contributed by atoms with Crippen LogP contribution in [0.15, 0.2) is 103 Å². The fourth-order valence-corrected chi connectivity index (χ4v) is 8.36. The van der Waals surface area contributed by atoms with Crippen LogP contribution in [0.5, 0.6) is 5.75 Å². The van der Waals surface area contributed by atoms with Gasteiger partial charge in [0.25, 0.3) is 0 Å². The number of aliphatic hydroxyl groups is 1. The SMILES string of the molecule is COC(=O)C(CC#Cc1ccc2c(c1)[C@]1(C(=O)N2)[C@H](c2ccc(OCCO)cc2)N2[C@H](c3ccccc3)[C@H](c3ccccc3)OC(=O)[C@H]2[C@@H]1C(=O)O)C(=O)OC. The van der Waals surface area contributed by atoms with Gasteiger partial charge in [-0.2, -0.15) is 0 Å². The molecule has 0 aromatic heterocycles. The van der Waals surface area contributed by atoms with E-state index >= 15 is 0 Å². The van der Waals surface area contributed by atoms with Crippen LogP contribution >= 0.6 is 0 Å². The molecule has 13 heteroatoms. The van der Waals surface area contributed by atoms with E-state index < -0.39 is 71.3 Å². The van der Waals surface area contributed by atoms with E-state index in [4.69, 9.17) is 18.9 Å². The van der Waals surface area contributed by atoms with Crippen LogP contribution in [0.25, 0.3) is 0 Å². The number of hydrogen-bond donors (Lipinski definition) is 3. The zero-order chi connectivity index (χ0) is 39.6. The van der Waals surface area contributed by atoms with Gasteiger partial charge in [0.05, 0.1) is 32.9 Å². The standard InChI is InChI=1S/C43H38N2O11/c1-53-39(49)30(40(50)54-2)15-9-10-25-16-21-32-31(24-25)43(42(52)44-32)33(38(47)48)35-41(51)56-36(27-13-7-4-8-14-27)34(26-11-5-3-6-12-26)45(35)37(43)28-17-19-29(20-18-28)55-23-22-46/h3-8,11-14,16-21,24,30,33-37,46H,15,22-23H2,1-2H3,(H,44,52)(H,47,48)/t33-,34-,35-,36+,37+,43-/m1/s1. The number of benzene rings is 4. The topological polar surface area (TPSA) is 178 Å². The Balaban J connectivity index is 1.45. The molecule has 3 N–H and O–H groups in total. The number of hydrogen-bond acceptors (Lipinski definition) is 11. The maximum atomic E-state index is 14.9. The summed E-state index contributed by atoms with van der Waals surface area (Å²) in [6.07, 6.45) is -1.12. The summed E-state index contributed by atoms with van der Waals surface area (Å²) in [5, 5.41) is 23.5. The number of cyclic esters (lactones) is 1. The Bertz CT molecular complexity index is 2200. The molecule has 0 radical (unpaired) electrons. The van der Waals surface area contributed by atoms with Gasteiger partial charge in [-0.3, -0.25) is 28.9 Å². The molecule has 6 atom stereocenters. The van der Waals surface area contributed by atoms with Crippen LogP contribution in [0.2, 0.25) is 0 Å². The lowest BCUT2D eigenvalue weighted by molar-refractivity contribution is -0.179. The van der Waals surface area contributed by atoms with E-state index in [9.17, 15) is 34.2 Å². The molecule has 7 rings (SSSR count). The molecule has 286 valence electrons. The third-order valence-electron chi connectivity index (χ3n) is 10.6. The van der Waals surface area contributed by atoms with Gasteiger partial charge >= 0.3 is 23.9 Å². The summed E-state index contributed by atoms with van der Waals surface area (Å²) in [6, 6.07) is 26.9. The molecule has 0 unspecified atom stereocenters. The highest BCUT2D eigenvalue weighted by Gasteiger charge is 2.74. The lowest BCUT2D eigenvalue weighted by atomic mass is 9.65. The van der Waals surface area contributed by atoms with Crippen LogP contribution in [-0.2, 0) is 43.6 Å². The number of carbonyl (C=O) groups is 5. The number of nitrogens with zero attached hydrogens (tertiary/aromatic N) is 1. The van der Waals surface area contributed by atoms with Crippen LogP contribution in [0, 0.1) is 23.7 Å². The molecule has 13 nitrogen and oxygen atoms in total. The van der Waals surface area contributed by atoms with Crippen molar-refractivity contribution >= 4 is 35.5 Å². The Hall–Kier alpha value is -6.49. The Kier molecular flexibility index (Phi) is 10.6. The van der Waals surface area contributed by atoms with Crippen molar-refractivity contribution in [1.82, 2.24) is 4.90 Å². The van der Waals surface area contributed by atoms with E-state index in [0.717, 1.165) is 19.8 Å². The summed E-state index contributed by atoms with van der Waals surface area (Å²) >= 11 is 0. The second kappa shape index (κ2) is 15.7. The van der Waals surface area contributed by atoms with Crippen LogP contribution in [0.1, 0.15) is 52.4 Å². The fraction of sp³-hybridized carbons (Fsp3) is 0.279. The molecule has 0 saturated carbocycles. The molecule has 0 bridgehead atoms. The smallest absolute Gasteiger partial charge is 0.325 e. The Morgan fingerprint density at radius 1 is 0.857 bits per heavy atom. The number of aliphatic hydroxyl groups excluding tert-OH is 1. The van der Waals surface area contributed by atoms with E-state index in [1.165, 1.54) is 0 Å². The first-order valence-corrected chi connectivity index (χ1v) is 17.9. The average Bonchev–Trinajstić information content (AvgIpc) is 3.70. The number of esters is 3. The number of morpholine rings is 1. The molecule has 4 aromatic carbocycles. The highest BCUT2D eigenvalue weighted by atomic mass is 16.6. The number of amides is 1. The molecule has 3 heterocycles. The molecule has 56 heavy (non-hydrogen) atoms. The van der Waals surface area contributed by atoms with E-state index in [1.54, 1.807) is 42.5 Å². The number of nitrogens with one attached hydrogen (secondary N) is 1. The number of methoxy groups -OCH3 is 2. The first-order valence-electron chi connectivity index (χ1n) is 17.9. The summed E-state index contributed by atoms with van der Waals surface area (Å²) in [6.45, 7) is -0.165. The van der Waals surface area contributed by atoms with Gasteiger partial charge in [-0.15, -0.1) is 0 Å². The fourth-order valence-electron chi connectivity index (χ4n) is 8.36. The first-order chi connectivity index (χ1) is 27.1. The van der Waals surface area contributed by atoms with Crippen molar-refractivity contribution in [2.45, 2.75) is 36.1 Å². The Morgan fingerprint density at radius 3 is 2.11 bits per heavy atom. The van der Waals surface area contributed by atoms with Crippen molar-refractivity contribution in [3.05, 3.63) is 131 Å². The second-order valence-corrected chi connectivity index (χ2v) is 13.6. The number of carbonyl (C=O) groups excluding carboxylic acids is 4. The molecular weight excluding hydrogens is 720 g/mol. The third kappa shape index (κ3) is 6.42. The quantitative estimate of drug-likeness (QED) is 0.0914. The zero-order valence-corrected chi connectivity index (χ0v) is 30.4. The summed E-state index contributed by atoms with van der Waals surface area (Å²) in [5.41, 5.74) is 1.01. The van der Waals surface area contributed by atoms with Crippen molar-refractivity contribution in [3.63, 3.8) is 0 Å². The zero-order valence-electron chi connectivity index (χ0n) is 30.4. The van der Waals surface area contributed by atoms with Gasteiger partial charge in [-0.05, 0) is 52.6 Å². The molecule has 0 aliphatic carbocycles. The van der Waals surface area contributed by atoms with Crippen molar-refractivity contribution in [2.24, 2.45) is 11.8 Å². The number of carboxylic acids is 1. The number of aliphatic carboxylic acids is 1. The predicted octanol–water partition coefficient (Wildman–Crippen LogP) is 4.12. The lowest BCUT2D eigenvalue weighted by Crippen LogP contribution is -2.52. The summed E-state index contributed by atoms with van der Waals surface area (Å²) < 4.78 is 21.4. The normalized spacial score (nSPS) is 23.6. The highest BCUT2D eigenvalue weighted by Crippen LogP contribution is 2.64.